The first kappa shape index (κ1) is 11.8. The molecule has 0 atom stereocenters. The average Bonchev–Trinajstić information content (AvgIpc) is 3.11. The number of hydrogen-bond donors (Lipinski definition) is 1. The van der Waals surface area contributed by atoms with E-state index in [0.29, 0.717) is 5.02 Å². The van der Waals surface area contributed by atoms with Crippen LogP contribution in [0.3, 0.4) is 0 Å². The van der Waals surface area contributed by atoms with E-state index in [1.807, 2.05) is 25.1 Å². The maximum Gasteiger partial charge on any atom is 0.138 e. The highest BCUT2D eigenvalue weighted by atomic mass is 35.5. The number of ether oxygens (including phenoxy) is 1. The van der Waals surface area contributed by atoms with Gasteiger partial charge in [0, 0.05) is 5.56 Å². The SMILES string of the molecule is C/C(=N\S)c1ccc(Cl)c(OCC2CC2)c1. The van der Waals surface area contributed by atoms with Crippen LogP contribution in [-0.4, -0.2) is 12.3 Å². The van der Waals surface area contributed by atoms with Crippen molar-refractivity contribution in [2.75, 3.05) is 6.61 Å². The Morgan fingerprint density at radius 1 is 1.56 bits per heavy atom. The summed E-state index contributed by atoms with van der Waals surface area (Å²) >= 11 is 9.96. The van der Waals surface area contributed by atoms with Crippen LogP contribution in [-0.2, 0) is 0 Å². The lowest BCUT2D eigenvalue weighted by atomic mass is 10.1. The molecule has 0 N–H and O–H groups in total. The molecule has 1 aliphatic rings. The summed E-state index contributed by atoms with van der Waals surface area (Å²) in [5.41, 5.74) is 1.85. The van der Waals surface area contributed by atoms with E-state index in [1.165, 1.54) is 12.8 Å². The van der Waals surface area contributed by atoms with Crippen molar-refractivity contribution in [2.24, 2.45) is 10.3 Å². The largest absolute Gasteiger partial charge is 0.492 e. The molecule has 2 nitrogen and oxygen atoms in total. The number of thiol groups is 1. The zero-order valence-corrected chi connectivity index (χ0v) is 10.8. The Kier molecular flexibility index (Phi) is 3.77. The Balaban J connectivity index is 2.14. The molecular weight excluding hydrogens is 242 g/mol. The molecule has 0 saturated heterocycles. The first-order valence-electron chi connectivity index (χ1n) is 5.32. The summed E-state index contributed by atoms with van der Waals surface area (Å²) in [5.74, 6) is 1.46. The van der Waals surface area contributed by atoms with Gasteiger partial charge < -0.3 is 4.74 Å². The average molecular weight is 256 g/mol. The van der Waals surface area contributed by atoms with Crippen molar-refractivity contribution in [3.63, 3.8) is 0 Å². The summed E-state index contributed by atoms with van der Waals surface area (Å²) in [6.45, 7) is 2.67. The minimum Gasteiger partial charge on any atom is -0.492 e. The van der Waals surface area contributed by atoms with Gasteiger partial charge in [-0.15, -0.1) is 0 Å². The van der Waals surface area contributed by atoms with E-state index in [2.05, 4.69) is 17.2 Å². The Morgan fingerprint density at radius 2 is 2.31 bits per heavy atom. The molecule has 86 valence electrons. The van der Waals surface area contributed by atoms with Crippen LogP contribution in [0.4, 0.5) is 0 Å². The van der Waals surface area contributed by atoms with E-state index in [9.17, 15) is 0 Å². The second kappa shape index (κ2) is 5.11. The molecule has 1 aliphatic carbocycles. The van der Waals surface area contributed by atoms with Gasteiger partial charge in [0.1, 0.15) is 5.75 Å². The molecule has 0 aliphatic heterocycles. The monoisotopic (exact) mass is 255 g/mol. The van der Waals surface area contributed by atoms with Crippen molar-refractivity contribution < 1.29 is 4.74 Å². The molecule has 1 saturated carbocycles. The molecule has 1 aromatic rings. The lowest BCUT2D eigenvalue weighted by molar-refractivity contribution is 0.300. The van der Waals surface area contributed by atoms with E-state index in [0.717, 1.165) is 29.5 Å². The molecule has 16 heavy (non-hydrogen) atoms. The van der Waals surface area contributed by atoms with Crippen LogP contribution in [0.25, 0.3) is 0 Å². The normalized spacial score (nSPS) is 16.3. The third-order valence-electron chi connectivity index (χ3n) is 2.67. The van der Waals surface area contributed by atoms with Crippen LogP contribution in [0.15, 0.2) is 22.6 Å². The lowest BCUT2D eigenvalue weighted by Gasteiger charge is -2.09. The maximum absolute atomic E-state index is 6.06. The molecule has 0 amide bonds. The van der Waals surface area contributed by atoms with Crippen molar-refractivity contribution >= 4 is 30.1 Å². The summed E-state index contributed by atoms with van der Waals surface area (Å²) in [6, 6.07) is 5.67. The third kappa shape index (κ3) is 2.92. The quantitative estimate of drug-likeness (QED) is 0.642. The number of hydrogen-bond acceptors (Lipinski definition) is 3. The van der Waals surface area contributed by atoms with Crippen LogP contribution < -0.4 is 4.74 Å². The molecule has 2 rings (SSSR count). The lowest BCUT2D eigenvalue weighted by Crippen LogP contribution is -2.01. The first-order chi connectivity index (χ1) is 7.70. The summed E-state index contributed by atoms with van der Waals surface area (Å²) in [4.78, 5) is 0. The summed E-state index contributed by atoms with van der Waals surface area (Å²) in [6.07, 6.45) is 2.54. The highest BCUT2D eigenvalue weighted by molar-refractivity contribution is 7.79. The van der Waals surface area contributed by atoms with E-state index < -0.39 is 0 Å². The van der Waals surface area contributed by atoms with Crippen molar-refractivity contribution in [2.45, 2.75) is 19.8 Å². The van der Waals surface area contributed by atoms with Crippen molar-refractivity contribution in [1.29, 1.82) is 0 Å². The minimum atomic E-state index is 0.649. The fourth-order valence-electron chi connectivity index (χ4n) is 1.39. The summed E-state index contributed by atoms with van der Waals surface area (Å²) in [5, 5.41) is 0.649. The summed E-state index contributed by atoms with van der Waals surface area (Å²) < 4.78 is 9.53. The van der Waals surface area contributed by atoms with Gasteiger partial charge in [-0.25, -0.2) is 4.40 Å². The number of halogens is 1. The standard InChI is InChI=1S/C12H14ClNOS/c1-8(14-16)10-4-5-11(13)12(6-10)15-7-9-2-3-9/h4-6,9,16H,2-3,7H2,1H3/b14-8+. The van der Waals surface area contributed by atoms with Gasteiger partial charge in [0.05, 0.1) is 17.3 Å². The molecule has 1 fully saturated rings. The van der Waals surface area contributed by atoms with Gasteiger partial charge >= 0.3 is 0 Å². The minimum absolute atomic E-state index is 0.649. The number of rotatable bonds is 4. The van der Waals surface area contributed by atoms with E-state index in [4.69, 9.17) is 16.3 Å². The fourth-order valence-corrected chi connectivity index (χ4v) is 1.68. The van der Waals surface area contributed by atoms with E-state index in [1.54, 1.807) is 0 Å². The van der Waals surface area contributed by atoms with Crippen molar-refractivity contribution in [1.82, 2.24) is 0 Å². The molecule has 0 radical (unpaired) electrons. The molecule has 4 heteroatoms. The Labute approximate surface area is 106 Å². The maximum atomic E-state index is 6.06. The molecule has 0 spiro atoms. The van der Waals surface area contributed by atoms with E-state index >= 15 is 0 Å². The van der Waals surface area contributed by atoms with Crippen molar-refractivity contribution in [3.8, 4) is 5.75 Å². The summed E-state index contributed by atoms with van der Waals surface area (Å²) in [7, 11) is 0. The Bertz CT molecular complexity index is 415. The van der Waals surface area contributed by atoms with Gasteiger partial charge in [-0.05, 0) is 50.6 Å². The van der Waals surface area contributed by atoms with E-state index in [-0.39, 0.29) is 0 Å². The topological polar surface area (TPSA) is 21.6 Å². The van der Waals surface area contributed by atoms with Gasteiger partial charge in [0.2, 0.25) is 0 Å². The van der Waals surface area contributed by atoms with Crippen LogP contribution in [0, 0.1) is 5.92 Å². The van der Waals surface area contributed by atoms with Gasteiger partial charge in [0.15, 0.2) is 0 Å². The van der Waals surface area contributed by atoms with Crippen LogP contribution in [0.1, 0.15) is 25.3 Å². The predicted octanol–water partition coefficient (Wildman–Crippen LogP) is 3.78. The van der Waals surface area contributed by atoms with Gasteiger partial charge in [-0.2, -0.15) is 0 Å². The smallest absolute Gasteiger partial charge is 0.138 e. The van der Waals surface area contributed by atoms with Crippen LogP contribution >= 0.6 is 24.4 Å². The second-order valence-electron chi connectivity index (χ2n) is 4.08. The molecule has 0 aromatic heterocycles. The molecule has 0 unspecified atom stereocenters. The first-order valence-corrected chi connectivity index (χ1v) is 6.10. The number of benzene rings is 1. The van der Waals surface area contributed by atoms with Gasteiger partial charge in [0.25, 0.3) is 0 Å². The molecular formula is C12H14ClNOS. The highest BCUT2D eigenvalue weighted by Crippen LogP contribution is 2.32. The van der Waals surface area contributed by atoms with Crippen LogP contribution in [0.2, 0.25) is 5.02 Å². The molecule has 1 aromatic carbocycles. The fraction of sp³-hybridized carbons (Fsp3) is 0.417. The van der Waals surface area contributed by atoms with Crippen molar-refractivity contribution in [3.05, 3.63) is 28.8 Å². The third-order valence-corrected chi connectivity index (χ3v) is 3.28. The predicted molar refractivity (Wildman–Crippen MR) is 70.9 cm³/mol. The molecule has 0 bridgehead atoms. The molecule has 0 heterocycles. The zero-order valence-electron chi connectivity index (χ0n) is 9.11. The Morgan fingerprint density at radius 3 is 2.94 bits per heavy atom. The van der Waals surface area contributed by atoms with Gasteiger partial charge in [-0.1, -0.05) is 17.7 Å². The van der Waals surface area contributed by atoms with Gasteiger partial charge in [-0.3, -0.25) is 0 Å². The van der Waals surface area contributed by atoms with Crippen LogP contribution in [0.5, 0.6) is 5.75 Å². The zero-order chi connectivity index (χ0) is 11.5. The number of nitrogens with zero attached hydrogens (tertiary/aromatic N) is 1. The highest BCUT2D eigenvalue weighted by Gasteiger charge is 2.22. The second-order valence-corrected chi connectivity index (χ2v) is 4.69. The Hall–Kier alpha value is -0.670.